The predicted octanol–water partition coefficient (Wildman–Crippen LogP) is 4.77. The Labute approximate surface area is 151 Å². The maximum absolute atomic E-state index is 10.8. The lowest BCUT2D eigenvalue weighted by atomic mass is 10.1. The van der Waals surface area contributed by atoms with Crippen molar-refractivity contribution in [2.24, 2.45) is 0 Å². The van der Waals surface area contributed by atoms with Crippen molar-refractivity contribution < 1.29 is 14.6 Å². The number of ether oxygens (including phenoxy) is 1. The van der Waals surface area contributed by atoms with Crippen LogP contribution in [0.2, 0.25) is 10.0 Å². The molecular weight excluding hydrogens is 349 g/mol. The van der Waals surface area contributed by atoms with Crippen LogP contribution in [0.1, 0.15) is 35.3 Å². The normalized spacial score (nSPS) is 10.9. The van der Waals surface area contributed by atoms with Crippen LogP contribution >= 0.6 is 23.2 Å². The second kappa shape index (κ2) is 8.38. The summed E-state index contributed by atoms with van der Waals surface area (Å²) in [6, 6.07) is 10.2. The molecule has 0 saturated carbocycles. The highest BCUT2D eigenvalue weighted by Crippen LogP contribution is 2.33. The molecule has 0 aliphatic rings. The molecule has 24 heavy (non-hydrogen) atoms. The Kier molecular flexibility index (Phi) is 6.49. The minimum absolute atomic E-state index is 0.00554. The maximum atomic E-state index is 10.8. The van der Waals surface area contributed by atoms with Crippen LogP contribution in [-0.2, 0) is 13.1 Å². The van der Waals surface area contributed by atoms with Crippen LogP contribution in [0, 0.1) is 0 Å². The van der Waals surface area contributed by atoms with Crippen LogP contribution in [0.5, 0.6) is 5.75 Å². The number of hydrogen-bond donors (Lipinski definition) is 2. The number of rotatable bonds is 7. The standard InChI is InChI=1S/C18H19Cl2NO3/c1-11(2)24-17-14(7-15(19)8-16(17)20)10-21-9-12-3-5-13(6-4-12)18(22)23/h3-8,11,21H,9-10H2,1-2H3,(H,22,23). The summed E-state index contributed by atoms with van der Waals surface area (Å²) < 4.78 is 5.78. The van der Waals surface area contributed by atoms with Gasteiger partial charge in [-0.15, -0.1) is 0 Å². The fourth-order valence-corrected chi connectivity index (χ4v) is 2.80. The van der Waals surface area contributed by atoms with Gasteiger partial charge in [-0.2, -0.15) is 0 Å². The second-order valence-corrected chi connectivity index (χ2v) is 6.49. The van der Waals surface area contributed by atoms with E-state index >= 15 is 0 Å². The summed E-state index contributed by atoms with van der Waals surface area (Å²) >= 11 is 12.3. The van der Waals surface area contributed by atoms with E-state index < -0.39 is 5.97 Å². The van der Waals surface area contributed by atoms with E-state index in [0.717, 1.165) is 11.1 Å². The van der Waals surface area contributed by atoms with Gasteiger partial charge in [0.25, 0.3) is 0 Å². The molecule has 0 unspecified atom stereocenters. The quantitative estimate of drug-likeness (QED) is 0.739. The van der Waals surface area contributed by atoms with Gasteiger partial charge in [-0.25, -0.2) is 4.79 Å². The Hall–Kier alpha value is -1.75. The maximum Gasteiger partial charge on any atom is 0.335 e. The number of nitrogens with one attached hydrogen (secondary N) is 1. The third-order valence-corrected chi connectivity index (χ3v) is 3.78. The number of carboxylic acid groups (broad SMARTS) is 1. The molecular formula is C18H19Cl2NO3. The SMILES string of the molecule is CC(C)Oc1c(Cl)cc(Cl)cc1CNCc1ccc(C(=O)O)cc1. The summed E-state index contributed by atoms with van der Waals surface area (Å²) in [7, 11) is 0. The van der Waals surface area contributed by atoms with Gasteiger partial charge in [0.15, 0.2) is 0 Å². The van der Waals surface area contributed by atoms with E-state index in [-0.39, 0.29) is 11.7 Å². The van der Waals surface area contributed by atoms with Crippen molar-refractivity contribution in [3.05, 3.63) is 63.1 Å². The molecule has 0 atom stereocenters. The molecule has 2 N–H and O–H groups in total. The highest BCUT2D eigenvalue weighted by Gasteiger charge is 2.12. The van der Waals surface area contributed by atoms with Gasteiger partial charge < -0.3 is 15.2 Å². The third-order valence-electron chi connectivity index (χ3n) is 3.28. The van der Waals surface area contributed by atoms with E-state index in [1.54, 1.807) is 30.3 Å². The first-order valence-electron chi connectivity index (χ1n) is 7.54. The summed E-state index contributed by atoms with van der Waals surface area (Å²) in [4.78, 5) is 10.8. The first-order valence-corrected chi connectivity index (χ1v) is 8.30. The van der Waals surface area contributed by atoms with Crippen molar-refractivity contribution >= 4 is 29.2 Å². The van der Waals surface area contributed by atoms with Gasteiger partial charge in [0, 0.05) is 23.7 Å². The van der Waals surface area contributed by atoms with E-state index in [1.807, 2.05) is 19.9 Å². The summed E-state index contributed by atoms with van der Waals surface area (Å²) in [6.07, 6.45) is 0.00554. The Bertz CT molecular complexity index is 715. The van der Waals surface area contributed by atoms with Gasteiger partial charge in [-0.05, 0) is 43.7 Å². The molecule has 128 valence electrons. The monoisotopic (exact) mass is 367 g/mol. The molecule has 2 aromatic rings. The van der Waals surface area contributed by atoms with Crippen molar-refractivity contribution in [1.29, 1.82) is 0 Å². The molecule has 0 amide bonds. The van der Waals surface area contributed by atoms with Crippen molar-refractivity contribution in [3.8, 4) is 5.75 Å². The number of carboxylic acids is 1. The first kappa shape index (κ1) is 18.6. The molecule has 6 heteroatoms. The van der Waals surface area contributed by atoms with E-state index in [2.05, 4.69) is 5.32 Å². The average Bonchev–Trinajstić information content (AvgIpc) is 2.51. The Morgan fingerprint density at radius 3 is 2.42 bits per heavy atom. The van der Waals surface area contributed by atoms with Crippen LogP contribution in [0.4, 0.5) is 0 Å². The molecule has 0 aromatic heterocycles. The topological polar surface area (TPSA) is 58.6 Å². The second-order valence-electron chi connectivity index (χ2n) is 5.65. The van der Waals surface area contributed by atoms with Gasteiger partial charge in [-0.3, -0.25) is 0 Å². The number of hydrogen-bond acceptors (Lipinski definition) is 3. The smallest absolute Gasteiger partial charge is 0.335 e. The Balaban J connectivity index is 2.04. The summed E-state index contributed by atoms with van der Waals surface area (Å²) in [5, 5.41) is 13.2. The largest absolute Gasteiger partial charge is 0.489 e. The molecule has 0 spiro atoms. The van der Waals surface area contributed by atoms with Gasteiger partial charge in [-0.1, -0.05) is 35.3 Å². The van der Waals surface area contributed by atoms with Gasteiger partial charge >= 0.3 is 5.97 Å². The van der Waals surface area contributed by atoms with Crippen LogP contribution in [0.3, 0.4) is 0 Å². The molecule has 0 saturated heterocycles. The average molecular weight is 368 g/mol. The zero-order valence-corrected chi connectivity index (χ0v) is 15.0. The van der Waals surface area contributed by atoms with Crippen LogP contribution < -0.4 is 10.1 Å². The Morgan fingerprint density at radius 1 is 1.17 bits per heavy atom. The molecule has 0 heterocycles. The number of aromatic carboxylic acids is 1. The van der Waals surface area contributed by atoms with Crippen LogP contribution in [0.15, 0.2) is 36.4 Å². The Morgan fingerprint density at radius 2 is 1.83 bits per heavy atom. The van der Waals surface area contributed by atoms with E-state index in [1.165, 1.54) is 0 Å². The minimum atomic E-state index is -0.932. The molecule has 0 bridgehead atoms. The fourth-order valence-electron chi connectivity index (χ4n) is 2.22. The predicted molar refractivity (Wildman–Crippen MR) is 96.2 cm³/mol. The lowest BCUT2D eigenvalue weighted by Crippen LogP contribution is -2.15. The molecule has 4 nitrogen and oxygen atoms in total. The summed E-state index contributed by atoms with van der Waals surface area (Å²) in [6.45, 7) is 4.99. The van der Waals surface area contributed by atoms with E-state index in [0.29, 0.717) is 28.9 Å². The molecule has 2 aromatic carbocycles. The van der Waals surface area contributed by atoms with Crippen molar-refractivity contribution in [2.75, 3.05) is 0 Å². The minimum Gasteiger partial charge on any atom is -0.489 e. The lowest BCUT2D eigenvalue weighted by Gasteiger charge is -2.17. The summed E-state index contributed by atoms with van der Waals surface area (Å²) in [5.41, 5.74) is 2.14. The first-order chi connectivity index (χ1) is 11.4. The molecule has 0 fully saturated rings. The van der Waals surface area contributed by atoms with Gasteiger partial charge in [0.2, 0.25) is 0 Å². The molecule has 2 rings (SSSR count). The van der Waals surface area contributed by atoms with Crippen molar-refractivity contribution in [3.63, 3.8) is 0 Å². The van der Waals surface area contributed by atoms with Crippen LogP contribution in [-0.4, -0.2) is 17.2 Å². The zero-order valence-electron chi connectivity index (χ0n) is 13.5. The highest BCUT2D eigenvalue weighted by molar-refractivity contribution is 6.35. The summed E-state index contributed by atoms with van der Waals surface area (Å²) in [5.74, 6) is -0.302. The number of halogens is 2. The third kappa shape index (κ3) is 5.13. The molecule has 0 aliphatic carbocycles. The van der Waals surface area contributed by atoms with Crippen LogP contribution in [0.25, 0.3) is 0 Å². The van der Waals surface area contributed by atoms with Crippen molar-refractivity contribution in [1.82, 2.24) is 5.32 Å². The highest BCUT2D eigenvalue weighted by atomic mass is 35.5. The molecule has 0 radical (unpaired) electrons. The van der Waals surface area contributed by atoms with Crippen molar-refractivity contribution in [2.45, 2.75) is 33.0 Å². The zero-order chi connectivity index (χ0) is 17.7. The van der Waals surface area contributed by atoms with Gasteiger partial charge in [0.1, 0.15) is 5.75 Å². The van der Waals surface area contributed by atoms with E-state index in [4.69, 9.17) is 33.0 Å². The van der Waals surface area contributed by atoms with Gasteiger partial charge in [0.05, 0.1) is 16.7 Å². The lowest BCUT2D eigenvalue weighted by molar-refractivity contribution is 0.0697. The molecule has 0 aliphatic heterocycles. The number of benzene rings is 2. The fraction of sp³-hybridized carbons (Fsp3) is 0.278. The number of carbonyl (C=O) groups is 1. The van der Waals surface area contributed by atoms with E-state index in [9.17, 15) is 4.79 Å².